The zero-order valence-corrected chi connectivity index (χ0v) is 11.4. The molecule has 7 heteroatoms. The molecule has 1 aromatic heterocycles. The molecule has 1 N–H and O–H groups in total. The van der Waals surface area contributed by atoms with Crippen molar-refractivity contribution in [1.29, 1.82) is 0 Å². The molecular formula is C13H14ClFN2O3. The number of carbonyl (C=O) groups is 2. The summed E-state index contributed by atoms with van der Waals surface area (Å²) in [5.41, 5.74) is -0.0974. The van der Waals surface area contributed by atoms with Crippen LogP contribution in [0.4, 0.5) is 4.39 Å². The topological polar surface area (TPSA) is 70.5 Å². The Morgan fingerprint density at radius 2 is 2.10 bits per heavy atom. The Kier molecular flexibility index (Phi) is 4.54. The molecular weight excluding hydrogens is 287 g/mol. The first-order chi connectivity index (χ1) is 9.49. The van der Waals surface area contributed by atoms with Crippen molar-refractivity contribution in [3.05, 3.63) is 28.8 Å². The van der Waals surface area contributed by atoms with E-state index in [0.29, 0.717) is 0 Å². The molecule has 0 bridgehead atoms. The van der Waals surface area contributed by atoms with E-state index >= 15 is 0 Å². The average molecular weight is 301 g/mol. The number of carboxylic acids is 1. The molecule has 0 spiro atoms. The van der Waals surface area contributed by atoms with Crippen LogP contribution in [-0.2, 0) is 4.79 Å². The number of hydrogen-bond acceptors (Lipinski definition) is 3. The van der Waals surface area contributed by atoms with Crippen LogP contribution in [0.15, 0.2) is 12.3 Å². The Labute approximate surface area is 120 Å². The van der Waals surface area contributed by atoms with Crippen molar-refractivity contribution in [3.63, 3.8) is 0 Å². The van der Waals surface area contributed by atoms with Gasteiger partial charge in [0, 0.05) is 6.04 Å². The van der Waals surface area contributed by atoms with Gasteiger partial charge in [-0.2, -0.15) is 0 Å². The van der Waals surface area contributed by atoms with Crippen molar-refractivity contribution in [2.75, 3.05) is 6.54 Å². The number of hydrogen-bond donors (Lipinski definition) is 1. The number of pyridine rings is 1. The maximum Gasteiger partial charge on any atom is 0.323 e. The van der Waals surface area contributed by atoms with E-state index in [1.807, 2.05) is 0 Å². The molecule has 0 unspecified atom stereocenters. The summed E-state index contributed by atoms with van der Waals surface area (Å²) in [6.07, 6.45) is 4.31. The van der Waals surface area contributed by atoms with Gasteiger partial charge in [0.1, 0.15) is 17.5 Å². The number of rotatable bonds is 4. The first kappa shape index (κ1) is 14.7. The lowest BCUT2D eigenvalue weighted by Gasteiger charge is -2.27. The fraction of sp³-hybridized carbons (Fsp3) is 0.462. The van der Waals surface area contributed by atoms with Gasteiger partial charge in [0.2, 0.25) is 0 Å². The Morgan fingerprint density at radius 1 is 1.45 bits per heavy atom. The van der Waals surface area contributed by atoms with Crippen LogP contribution in [0.5, 0.6) is 0 Å². The van der Waals surface area contributed by atoms with Gasteiger partial charge in [0.25, 0.3) is 5.91 Å². The van der Waals surface area contributed by atoms with Crippen LogP contribution in [0.25, 0.3) is 0 Å². The summed E-state index contributed by atoms with van der Waals surface area (Å²) in [5, 5.41) is 8.83. The molecule has 1 saturated carbocycles. The van der Waals surface area contributed by atoms with Crippen molar-refractivity contribution < 1.29 is 19.1 Å². The summed E-state index contributed by atoms with van der Waals surface area (Å²) in [4.78, 5) is 28.2. The molecule has 1 amide bonds. The third kappa shape index (κ3) is 3.25. The van der Waals surface area contributed by atoms with Crippen LogP contribution in [-0.4, -0.2) is 39.5 Å². The van der Waals surface area contributed by atoms with Crippen molar-refractivity contribution in [2.24, 2.45) is 0 Å². The van der Waals surface area contributed by atoms with Gasteiger partial charge in [-0.05, 0) is 18.9 Å². The summed E-state index contributed by atoms with van der Waals surface area (Å²) in [5.74, 6) is -2.37. The minimum Gasteiger partial charge on any atom is -0.480 e. The summed E-state index contributed by atoms with van der Waals surface area (Å²) < 4.78 is 13.2. The molecule has 0 saturated heterocycles. The smallest absolute Gasteiger partial charge is 0.323 e. The van der Waals surface area contributed by atoms with E-state index in [9.17, 15) is 14.0 Å². The van der Waals surface area contributed by atoms with E-state index < -0.39 is 24.2 Å². The van der Waals surface area contributed by atoms with E-state index in [0.717, 1.165) is 37.9 Å². The standard InChI is InChI=1S/C13H14ClFN2O3/c14-12-10(5-8(15)6-16-12)13(20)17(7-11(18)19)9-3-1-2-4-9/h5-6,9H,1-4,7H2,(H,18,19). The van der Waals surface area contributed by atoms with Gasteiger partial charge in [0.15, 0.2) is 0 Å². The molecule has 5 nitrogen and oxygen atoms in total. The fourth-order valence-corrected chi connectivity index (χ4v) is 2.64. The number of amides is 1. The van der Waals surface area contributed by atoms with Gasteiger partial charge < -0.3 is 10.0 Å². The first-order valence-electron chi connectivity index (χ1n) is 6.33. The molecule has 1 aliphatic rings. The van der Waals surface area contributed by atoms with Gasteiger partial charge in [-0.15, -0.1) is 0 Å². The minimum absolute atomic E-state index is 0.0974. The highest BCUT2D eigenvalue weighted by Gasteiger charge is 2.30. The monoisotopic (exact) mass is 300 g/mol. The molecule has 0 atom stereocenters. The largest absolute Gasteiger partial charge is 0.480 e. The second-order valence-electron chi connectivity index (χ2n) is 4.76. The third-order valence-electron chi connectivity index (χ3n) is 3.37. The van der Waals surface area contributed by atoms with Gasteiger partial charge in [0.05, 0.1) is 11.8 Å². The number of aromatic nitrogens is 1. The second-order valence-corrected chi connectivity index (χ2v) is 5.11. The van der Waals surface area contributed by atoms with Gasteiger partial charge in [-0.1, -0.05) is 24.4 Å². The number of carbonyl (C=O) groups excluding carboxylic acids is 1. The van der Waals surface area contributed by atoms with Crippen molar-refractivity contribution >= 4 is 23.5 Å². The van der Waals surface area contributed by atoms with Crippen molar-refractivity contribution in [1.82, 2.24) is 9.88 Å². The van der Waals surface area contributed by atoms with Crippen LogP contribution < -0.4 is 0 Å². The molecule has 0 aliphatic heterocycles. The van der Waals surface area contributed by atoms with Crippen LogP contribution in [0.2, 0.25) is 5.15 Å². The number of halogens is 2. The van der Waals surface area contributed by atoms with Gasteiger partial charge in [-0.25, -0.2) is 9.37 Å². The van der Waals surface area contributed by atoms with E-state index in [4.69, 9.17) is 16.7 Å². The molecule has 1 aromatic rings. The lowest BCUT2D eigenvalue weighted by Crippen LogP contribution is -2.42. The van der Waals surface area contributed by atoms with Gasteiger partial charge >= 0.3 is 5.97 Å². The minimum atomic E-state index is -1.11. The zero-order chi connectivity index (χ0) is 14.7. The summed E-state index contributed by atoms with van der Waals surface area (Å²) in [7, 11) is 0. The Morgan fingerprint density at radius 3 is 2.70 bits per heavy atom. The fourth-order valence-electron chi connectivity index (χ4n) is 2.46. The lowest BCUT2D eigenvalue weighted by atomic mass is 10.1. The molecule has 1 heterocycles. The van der Waals surface area contributed by atoms with Crippen LogP contribution >= 0.6 is 11.6 Å². The van der Waals surface area contributed by atoms with Crippen LogP contribution in [0.1, 0.15) is 36.0 Å². The number of aliphatic carboxylic acids is 1. The maximum absolute atomic E-state index is 13.2. The quantitative estimate of drug-likeness (QED) is 0.867. The Balaban J connectivity index is 2.29. The van der Waals surface area contributed by atoms with E-state index in [1.165, 1.54) is 4.90 Å². The van der Waals surface area contributed by atoms with Crippen LogP contribution in [0, 0.1) is 5.82 Å². The van der Waals surface area contributed by atoms with Gasteiger partial charge in [-0.3, -0.25) is 9.59 Å². The van der Waals surface area contributed by atoms with Crippen molar-refractivity contribution in [2.45, 2.75) is 31.7 Å². The lowest BCUT2D eigenvalue weighted by molar-refractivity contribution is -0.138. The third-order valence-corrected chi connectivity index (χ3v) is 3.67. The summed E-state index contributed by atoms with van der Waals surface area (Å²) in [6.45, 7) is -0.420. The highest BCUT2D eigenvalue weighted by atomic mass is 35.5. The highest BCUT2D eigenvalue weighted by Crippen LogP contribution is 2.26. The Hall–Kier alpha value is -1.69. The molecule has 20 heavy (non-hydrogen) atoms. The Bertz CT molecular complexity index is 532. The number of nitrogens with zero attached hydrogens (tertiary/aromatic N) is 2. The first-order valence-corrected chi connectivity index (χ1v) is 6.70. The normalized spacial score (nSPS) is 15.3. The molecule has 0 radical (unpaired) electrons. The second kappa shape index (κ2) is 6.17. The molecule has 0 aromatic carbocycles. The van der Waals surface area contributed by atoms with Crippen molar-refractivity contribution in [3.8, 4) is 0 Å². The molecule has 1 fully saturated rings. The average Bonchev–Trinajstić information content (AvgIpc) is 2.91. The highest BCUT2D eigenvalue weighted by molar-refractivity contribution is 6.32. The van der Waals surface area contributed by atoms with E-state index in [2.05, 4.69) is 4.98 Å². The predicted octanol–water partition coefficient (Wildman–Crippen LogP) is 2.34. The summed E-state index contributed by atoms with van der Waals surface area (Å²) >= 11 is 5.81. The zero-order valence-electron chi connectivity index (χ0n) is 10.7. The molecule has 2 rings (SSSR count). The maximum atomic E-state index is 13.2. The van der Waals surface area contributed by atoms with Crippen LogP contribution in [0.3, 0.4) is 0 Å². The SMILES string of the molecule is O=C(O)CN(C(=O)c1cc(F)cnc1Cl)C1CCCC1. The summed E-state index contributed by atoms with van der Waals surface area (Å²) in [6, 6.07) is 0.847. The molecule has 1 aliphatic carbocycles. The predicted molar refractivity (Wildman–Crippen MR) is 70.1 cm³/mol. The van der Waals surface area contributed by atoms with E-state index in [1.54, 1.807) is 0 Å². The molecule has 108 valence electrons. The van der Waals surface area contributed by atoms with E-state index in [-0.39, 0.29) is 16.8 Å². The number of carboxylic acid groups (broad SMARTS) is 1.